The zero-order valence-corrected chi connectivity index (χ0v) is 31.4. The van der Waals surface area contributed by atoms with E-state index in [0.717, 1.165) is 103 Å². The van der Waals surface area contributed by atoms with Gasteiger partial charge in [0.2, 0.25) is 0 Å². The minimum atomic E-state index is -0.680. The van der Waals surface area contributed by atoms with Crippen molar-refractivity contribution in [2.75, 3.05) is 64.0 Å². The van der Waals surface area contributed by atoms with Crippen LogP contribution in [-0.4, -0.2) is 106 Å². The van der Waals surface area contributed by atoms with Crippen molar-refractivity contribution in [2.24, 2.45) is 18.4 Å². The molecule has 2 atom stereocenters. The predicted molar refractivity (Wildman–Crippen MR) is 208 cm³/mol. The summed E-state index contributed by atoms with van der Waals surface area (Å²) in [6, 6.07) is 6.08. The summed E-state index contributed by atoms with van der Waals surface area (Å²) < 4.78 is 59.9. The van der Waals surface area contributed by atoms with Crippen molar-refractivity contribution in [1.82, 2.24) is 29.5 Å². The van der Waals surface area contributed by atoms with Crippen LogP contribution in [0.1, 0.15) is 44.1 Å². The lowest BCUT2D eigenvalue weighted by Crippen LogP contribution is -2.56. The van der Waals surface area contributed by atoms with Gasteiger partial charge in [-0.2, -0.15) is 15.1 Å². The number of piperidine rings is 1. The van der Waals surface area contributed by atoms with E-state index >= 15 is 8.78 Å². The first kappa shape index (κ1) is 35.5. The number of halogens is 3. The number of hydrogen-bond acceptors (Lipinski definition) is 9. The number of phenols is 1. The number of aryl methyl sites for hydroxylation is 1. The first-order chi connectivity index (χ1) is 27.2. The fraction of sp³-hybridized carbons (Fsp3) is 0.465. The molecule has 1 aliphatic carbocycles. The van der Waals surface area contributed by atoms with E-state index in [1.807, 2.05) is 6.20 Å². The fourth-order valence-electron chi connectivity index (χ4n) is 9.74. The molecule has 0 spiro atoms. The summed E-state index contributed by atoms with van der Waals surface area (Å²) in [5.41, 5.74) is 1.42. The van der Waals surface area contributed by atoms with E-state index in [1.165, 1.54) is 24.3 Å². The van der Waals surface area contributed by atoms with Crippen molar-refractivity contribution in [3.05, 3.63) is 59.6 Å². The van der Waals surface area contributed by atoms with E-state index in [1.54, 1.807) is 11.7 Å². The molecule has 2 bridgehead atoms. The molecular weight excluding hydrogens is 720 g/mol. The lowest BCUT2D eigenvalue weighted by atomic mass is 9.91. The van der Waals surface area contributed by atoms with Crippen molar-refractivity contribution in [2.45, 2.75) is 50.6 Å². The molecule has 6 heterocycles. The average Bonchev–Trinajstić information content (AvgIpc) is 3.75. The summed E-state index contributed by atoms with van der Waals surface area (Å²) >= 11 is 0. The highest BCUT2D eigenvalue weighted by molar-refractivity contribution is 6.18. The predicted octanol–water partition coefficient (Wildman–Crippen LogP) is 6.71. The number of anilines is 1. The number of fused-ring (bicyclic) bond motifs is 6. The Morgan fingerprint density at radius 1 is 1.04 bits per heavy atom. The lowest BCUT2D eigenvalue weighted by molar-refractivity contribution is -0.0484. The molecule has 4 aliphatic heterocycles. The Bertz CT molecular complexity index is 2450. The van der Waals surface area contributed by atoms with Gasteiger partial charge in [0.1, 0.15) is 28.4 Å². The Kier molecular flexibility index (Phi) is 8.65. The second-order valence-electron chi connectivity index (χ2n) is 16.7. The highest BCUT2D eigenvalue weighted by atomic mass is 19.1. The number of rotatable bonds is 9. The van der Waals surface area contributed by atoms with Crippen molar-refractivity contribution in [3.63, 3.8) is 0 Å². The van der Waals surface area contributed by atoms with Crippen LogP contribution in [0.15, 0.2) is 42.4 Å². The second-order valence-corrected chi connectivity index (χ2v) is 16.7. The van der Waals surface area contributed by atoms with Crippen molar-refractivity contribution in [1.29, 1.82) is 0 Å². The summed E-state index contributed by atoms with van der Waals surface area (Å²) in [4.78, 5) is 17.3. The maximum absolute atomic E-state index is 17.8. The van der Waals surface area contributed by atoms with Crippen LogP contribution in [0, 0.1) is 35.3 Å². The molecule has 290 valence electrons. The number of phenolic OH excluding ortho intramolecular Hbond substituents is 1. The van der Waals surface area contributed by atoms with Gasteiger partial charge in [0, 0.05) is 92.3 Å². The zero-order chi connectivity index (χ0) is 38.3. The van der Waals surface area contributed by atoms with Crippen molar-refractivity contribution < 1.29 is 27.8 Å². The quantitative estimate of drug-likeness (QED) is 0.165. The zero-order valence-electron chi connectivity index (χ0n) is 31.4. The van der Waals surface area contributed by atoms with Crippen LogP contribution in [0.3, 0.4) is 0 Å². The third-order valence-corrected chi connectivity index (χ3v) is 12.8. The first-order valence-corrected chi connectivity index (χ1v) is 19.7. The SMILES string of the molecule is C#Cc1c(F)ccc2cc(O)cc(-c3c(F)c4nc(OCC5(CN6CCC(=CF)CC6)CC5)nc(N5C6CCC5CN(CC5COC5)C6)c4c4cn(C)nc34)c12. The van der Waals surface area contributed by atoms with Gasteiger partial charge in [-0.05, 0) is 73.2 Å². The van der Waals surface area contributed by atoms with Gasteiger partial charge < -0.3 is 24.4 Å². The highest BCUT2D eigenvalue weighted by Gasteiger charge is 2.46. The number of likely N-dealkylation sites (tertiary alicyclic amines) is 2. The lowest BCUT2D eigenvalue weighted by Gasteiger charge is -2.44. The Hall–Kier alpha value is -4.90. The monoisotopic (exact) mass is 763 g/mol. The Morgan fingerprint density at radius 3 is 2.48 bits per heavy atom. The molecule has 3 aromatic carbocycles. The largest absolute Gasteiger partial charge is 0.508 e. The Morgan fingerprint density at radius 2 is 1.80 bits per heavy atom. The van der Waals surface area contributed by atoms with Crippen LogP contribution in [0.5, 0.6) is 11.8 Å². The Labute approximate surface area is 322 Å². The first-order valence-electron chi connectivity index (χ1n) is 19.7. The standard InChI is InChI=1S/C43H44F3N7O3/c1-3-31-34(45)7-4-27-14-30(54)15-32(35(27)31)36-38(46)40-37(33-20-50(2)49-39(33)36)41(53-28-5-6-29(53)19-52(18-28)17-26-21-55-22-26)48-42(47-40)56-24-43(10-11-43)23-51-12-8-25(16-44)9-13-51/h1,4,7,14-16,20,26,28-29,54H,5-6,8-13,17-19,21-24H2,2H3. The molecule has 1 N–H and O–H groups in total. The maximum Gasteiger partial charge on any atom is 0.319 e. The van der Waals surface area contributed by atoms with Crippen LogP contribution < -0.4 is 9.64 Å². The van der Waals surface area contributed by atoms with E-state index in [9.17, 15) is 9.50 Å². The van der Waals surface area contributed by atoms with Crippen molar-refractivity contribution >= 4 is 38.4 Å². The van der Waals surface area contributed by atoms with E-state index in [2.05, 4.69) is 20.6 Å². The summed E-state index contributed by atoms with van der Waals surface area (Å²) in [5.74, 6) is 2.20. The summed E-state index contributed by atoms with van der Waals surface area (Å²) in [7, 11) is 1.78. The number of terminal acetylenes is 1. The van der Waals surface area contributed by atoms with Gasteiger partial charge in [0.25, 0.3) is 0 Å². The Balaban J connectivity index is 1.11. The number of nitrogens with zero attached hydrogens (tertiary/aromatic N) is 7. The van der Waals surface area contributed by atoms with Crippen LogP contribution >= 0.6 is 0 Å². The molecule has 0 amide bonds. The minimum Gasteiger partial charge on any atom is -0.508 e. The molecule has 5 aliphatic rings. The molecule has 56 heavy (non-hydrogen) atoms. The average molecular weight is 764 g/mol. The van der Waals surface area contributed by atoms with Gasteiger partial charge >= 0.3 is 6.01 Å². The van der Waals surface area contributed by atoms with Gasteiger partial charge in [0.15, 0.2) is 5.82 Å². The van der Waals surface area contributed by atoms with E-state index < -0.39 is 11.6 Å². The molecule has 10 rings (SSSR count). The molecule has 4 saturated heterocycles. The number of aromatic nitrogens is 4. The molecule has 5 aromatic rings. The second kappa shape index (κ2) is 13.6. The number of benzene rings is 3. The molecule has 5 fully saturated rings. The molecule has 2 unspecified atom stereocenters. The van der Waals surface area contributed by atoms with Gasteiger partial charge in [-0.3, -0.25) is 9.58 Å². The van der Waals surface area contributed by atoms with E-state index in [0.29, 0.717) is 45.4 Å². The third kappa shape index (κ3) is 6.04. The molecule has 2 aromatic heterocycles. The smallest absolute Gasteiger partial charge is 0.319 e. The molecule has 0 radical (unpaired) electrons. The molecule has 1 saturated carbocycles. The number of ether oxygens (including phenoxy) is 2. The number of hydrogen-bond donors (Lipinski definition) is 1. The summed E-state index contributed by atoms with van der Waals surface area (Å²) in [5, 5.41) is 17.6. The van der Waals surface area contributed by atoms with Crippen LogP contribution in [0.4, 0.5) is 19.0 Å². The van der Waals surface area contributed by atoms with E-state index in [4.69, 9.17) is 31.0 Å². The van der Waals surface area contributed by atoms with Gasteiger partial charge in [-0.25, -0.2) is 13.2 Å². The molecular formula is C43H44F3N7O3. The minimum absolute atomic E-state index is 0.0308. The van der Waals surface area contributed by atoms with Gasteiger partial charge in [0.05, 0.1) is 37.1 Å². The molecule has 13 heteroatoms. The number of piperazine rings is 1. The number of aromatic hydroxyl groups is 1. The van der Waals surface area contributed by atoms with E-state index in [-0.39, 0.29) is 51.5 Å². The maximum atomic E-state index is 17.8. The fourth-order valence-corrected chi connectivity index (χ4v) is 9.74. The third-order valence-electron chi connectivity index (χ3n) is 12.8. The van der Waals surface area contributed by atoms with Crippen LogP contribution in [0.2, 0.25) is 0 Å². The summed E-state index contributed by atoms with van der Waals surface area (Å²) in [6.07, 6.45) is 13.8. The topological polar surface area (TPSA) is 92.0 Å². The van der Waals surface area contributed by atoms with Crippen LogP contribution in [0.25, 0.3) is 43.7 Å². The van der Waals surface area contributed by atoms with Gasteiger partial charge in [-0.15, -0.1) is 6.42 Å². The van der Waals surface area contributed by atoms with Gasteiger partial charge in [-0.1, -0.05) is 12.0 Å². The normalized spacial score (nSPS) is 22.6. The van der Waals surface area contributed by atoms with Crippen molar-refractivity contribution in [3.8, 4) is 35.2 Å². The summed E-state index contributed by atoms with van der Waals surface area (Å²) in [6.45, 7) is 7.13. The molecule has 10 nitrogen and oxygen atoms in total. The highest BCUT2D eigenvalue weighted by Crippen LogP contribution is 2.49. The van der Waals surface area contributed by atoms with Crippen LogP contribution in [-0.2, 0) is 11.8 Å².